The molecule has 5 unspecified atom stereocenters. The molecule has 1 fully saturated rings. The van der Waals surface area contributed by atoms with Crippen LogP contribution in [0, 0.1) is 18.8 Å². The number of unbranched alkanes of at least 4 members (excludes halogenated alkanes) is 2. The molecule has 6 N–H and O–H groups in total. The van der Waals surface area contributed by atoms with Gasteiger partial charge < -0.3 is 41.0 Å². The smallest absolute Gasteiger partial charge is 0.431 e. The van der Waals surface area contributed by atoms with Crippen molar-refractivity contribution in [2.24, 2.45) is 17.6 Å². The second-order valence-corrected chi connectivity index (χ2v) is 15.0. The number of hydrogen-bond donors (Lipinski definition) is 5. The lowest BCUT2D eigenvalue weighted by atomic mass is 9.89. The predicted octanol–water partition coefficient (Wildman–Crippen LogP) is 2.39. The van der Waals surface area contributed by atoms with Crippen molar-refractivity contribution in [1.82, 2.24) is 25.1 Å². The fraction of sp³-hybridized carbons (Fsp3) is 0.525. The maximum atomic E-state index is 14.8. The number of aliphatic hydroxyl groups is 1. The number of halogens is 2. The predicted molar refractivity (Wildman–Crippen MR) is 210 cm³/mol. The van der Waals surface area contributed by atoms with Crippen molar-refractivity contribution in [3.05, 3.63) is 70.4 Å². The normalized spacial score (nSPS) is 19.1. The van der Waals surface area contributed by atoms with Crippen LogP contribution >= 0.6 is 0 Å². The molecule has 332 valence electrons. The molecule has 4 rings (SSSR count). The van der Waals surface area contributed by atoms with Gasteiger partial charge in [-0.1, -0.05) is 32.4 Å². The van der Waals surface area contributed by atoms with E-state index in [2.05, 4.69) is 20.9 Å². The summed E-state index contributed by atoms with van der Waals surface area (Å²) in [5.74, 6) is -7.06. The molecule has 2 aliphatic heterocycles. The molecule has 0 aliphatic carbocycles. The third-order valence-corrected chi connectivity index (χ3v) is 9.91. The fourth-order valence-corrected chi connectivity index (χ4v) is 6.55. The Hall–Kier alpha value is -6.09. The number of anilines is 1. The molecular weight excluding hydrogens is 808 g/mol. The first kappa shape index (κ1) is 47.6. The molecule has 5 atom stereocenters. The number of alkyl halides is 2. The summed E-state index contributed by atoms with van der Waals surface area (Å²) in [7, 11) is 0. The topological polar surface area (TPSA) is 268 Å². The number of urea groups is 1. The summed E-state index contributed by atoms with van der Waals surface area (Å²) in [5, 5.41) is 18.1. The van der Waals surface area contributed by atoms with Gasteiger partial charge in [0.1, 0.15) is 19.3 Å². The van der Waals surface area contributed by atoms with Crippen molar-refractivity contribution in [1.29, 1.82) is 0 Å². The Labute approximate surface area is 349 Å². The van der Waals surface area contributed by atoms with Crippen LogP contribution in [0.5, 0.6) is 0 Å². The number of carbonyl (C=O) groups excluding carboxylic acids is 7. The molecule has 2 aromatic rings. The van der Waals surface area contributed by atoms with Crippen LogP contribution < -0.4 is 27.4 Å². The third-order valence-electron chi connectivity index (χ3n) is 9.91. The van der Waals surface area contributed by atoms with Gasteiger partial charge in [0.2, 0.25) is 18.0 Å². The Morgan fingerprint density at radius 1 is 0.984 bits per heavy atom. The van der Waals surface area contributed by atoms with Crippen molar-refractivity contribution in [2.45, 2.75) is 103 Å². The number of aromatic nitrogens is 2. The van der Waals surface area contributed by atoms with E-state index in [1.807, 2.05) is 0 Å². The van der Waals surface area contributed by atoms with Crippen molar-refractivity contribution >= 4 is 47.3 Å². The number of ketones is 1. The molecule has 1 aromatic carbocycles. The highest BCUT2D eigenvalue weighted by Gasteiger charge is 2.60. The standard InChI is InChI=1S/C40H51F2N7O12/c1-23(2)33(47-30(51)9-5-4-6-18-48-31(52)14-15-32(48)53)28(50)20-26(8-7-17-44-37(43)56)35(55)46-27-12-10-25(11-13-27)21-59-39(58)60-22-29-34(54)40(41,42)36(61-29)49-19-16-24(3)45-38(49)57/h10-16,19,23,26,29,33-34,36,54H,4-9,17-18,20-22H2,1-3H3,(H,46,55)(H,47,51)(H3,43,44,56). The first-order chi connectivity index (χ1) is 28.9. The molecule has 6 amide bonds. The van der Waals surface area contributed by atoms with Gasteiger partial charge in [0, 0.05) is 61.6 Å². The number of nitrogens with two attached hydrogens (primary N) is 1. The van der Waals surface area contributed by atoms with Crippen molar-refractivity contribution < 1.29 is 61.7 Å². The first-order valence-electron chi connectivity index (χ1n) is 19.7. The van der Waals surface area contributed by atoms with Crippen molar-refractivity contribution in [3.8, 4) is 0 Å². The number of carbonyl (C=O) groups is 7. The van der Waals surface area contributed by atoms with Gasteiger partial charge in [-0.05, 0) is 62.3 Å². The van der Waals surface area contributed by atoms with E-state index in [1.54, 1.807) is 13.8 Å². The number of aryl methyl sites for hydroxylation is 1. The van der Waals surface area contributed by atoms with Crippen LogP contribution in [0.4, 0.5) is 24.1 Å². The van der Waals surface area contributed by atoms with Gasteiger partial charge in [-0.15, -0.1) is 0 Å². The number of amides is 6. The molecule has 0 bridgehead atoms. The highest BCUT2D eigenvalue weighted by Crippen LogP contribution is 2.42. The van der Waals surface area contributed by atoms with E-state index in [0.717, 1.165) is 11.1 Å². The summed E-state index contributed by atoms with van der Waals surface area (Å²) in [4.78, 5) is 104. The van der Waals surface area contributed by atoms with Gasteiger partial charge in [-0.3, -0.25) is 33.4 Å². The van der Waals surface area contributed by atoms with E-state index in [9.17, 15) is 52.2 Å². The van der Waals surface area contributed by atoms with Crippen LogP contribution in [0.1, 0.15) is 76.3 Å². The molecule has 0 radical (unpaired) electrons. The number of imide groups is 1. The Kier molecular flexibility index (Phi) is 17.1. The molecule has 0 spiro atoms. The number of nitrogens with one attached hydrogen (secondary N) is 3. The SMILES string of the molecule is Cc1ccn(C2OC(COC(=O)OCc3ccc(NC(=O)C(CCCNC(N)=O)CC(=O)C(NC(=O)CCCCCN4C(=O)C=CC4=O)C(C)C)cc3)C(O)C2(F)F)c(=O)n1. The number of nitrogens with zero attached hydrogens (tertiary/aromatic N) is 3. The second-order valence-electron chi connectivity index (χ2n) is 15.0. The van der Waals surface area contributed by atoms with Gasteiger partial charge >= 0.3 is 23.8 Å². The van der Waals surface area contributed by atoms with Gasteiger partial charge in [0.15, 0.2) is 11.9 Å². The Morgan fingerprint density at radius 2 is 1.67 bits per heavy atom. The minimum Gasteiger partial charge on any atom is -0.431 e. The largest absolute Gasteiger partial charge is 0.508 e. The summed E-state index contributed by atoms with van der Waals surface area (Å²) < 4.78 is 45.3. The van der Waals surface area contributed by atoms with Crippen molar-refractivity contribution in [2.75, 3.05) is 25.0 Å². The number of Topliss-reactive ketones (excluding diaryl/α,β-unsaturated/α-hetero) is 1. The molecule has 3 heterocycles. The van der Waals surface area contributed by atoms with Gasteiger partial charge in [-0.25, -0.2) is 14.4 Å². The van der Waals surface area contributed by atoms with Crippen LogP contribution in [-0.2, 0) is 44.8 Å². The molecule has 19 nitrogen and oxygen atoms in total. The van der Waals surface area contributed by atoms with Gasteiger partial charge in [0.25, 0.3) is 11.8 Å². The lowest BCUT2D eigenvalue weighted by Gasteiger charge is -2.24. The molecule has 0 saturated carbocycles. The fourth-order valence-electron chi connectivity index (χ4n) is 6.55. The monoisotopic (exact) mass is 859 g/mol. The molecule has 61 heavy (non-hydrogen) atoms. The van der Waals surface area contributed by atoms with E-state index in [-0.39, 0.29) is 68.4 Å². The van der Waals surface area contributed by atoms with E-state index < -0.39 is 66.7 Å². The van der Waals surface area contributed by atoms with Crippen LogP contribution in [0.3, 0.4) is 0 Å². The molecule has 2 aliphatic rings. The number of primary amides is 1. The van der Waals surface area contributed by atoms with E-state index >= 15 is 0 Å². The maximum Gasteiger partial charge on any atom is 0.508 e. The van der Waals surface area contributed by atoms with Crippen LogP contribution in [-0.4, -0.2) is 105 Å². The summed E-state index contributed by atoms with van der Waals surface area (Å²) in [6.07, 6.45) is -2.14. The quantitative estimate of drug-likeness (QED) is 0.0648. The molecule has 1 aromatic heterocycles. The zero-order valence-corrected chi connectivity index (χ0v) is 34.0. The van der Waals surface area contributed by atoms with E-state index in [1.165, 1.54) is 49.4 Å². The number of aliphatic hydroxyl groups excluding tert-OH is 1. The second kappa shape index (κ2) is 22.0. The average molecular weight is 860 g/mol. The lowest BCUT2D eigenvalue weighted by molar-refractivity contribution is -0.141. The van der Waals surface area contributed by atoms with Gasteiger partial charge in [-0.2, -0.15) is 13.8 Å². The number of ether oxygens (including phenoxy) is 3. The first-order valence-corrected chi connectivity index (χ1v) is 19.7. The highest BCUT2D eigenvalue weighted by molar-refractivity contribution is 6.12. The Bertz CT molecular complexity index is 1990. The van der Waals surface area contributed by atoms with E-state index in [0.29, 0.717) is 47.2 Å². The van der Waals surface area contributed by atoms with Crippen LogP contribution in [0.2, 0.25) is 0 Å². The number of benzene rings is 1. The minimum absolute atomic E-state index is 0.112. The zero-order valence-electron chi connectivity index (χ0n) is 34.0. The third kappa shape index (κ3) is 13.7. The summed E-state index contributed by atoms with van der Waals surface area (Å²) >= 11 is 0. The number of hydrogen-bond acceptors (Lipinski definition) is 13. The number of rotatable bonds is 22. The average Bonchev–Trinajstić information content (AvgIpc) is 3.64. The highest BCUT2D eigenvalue weighted by atomic mass is 19.3. The lowest BCUT2D eigenvalue weighted by Crippen LogP contribution is -2.45. The van der Waals surface area contributed by atoms with Crippen LogP contribution in [0.15, 0.2) is 53.5 Å². The summed E-state index contributed by atoms with van der Waals surface area (Å²) in [6.45, 7) is 4.28. The molecular formula is C40H51F2N7O12. The Balaban J connectivity index is 1.26. The Morgan fingerprint density at radius 3 is 2.31 bits per heavy atom. The molecule has 21 heteroatoms. The summed E-state index contributed by atoms with van der Waals surface area (Å²) in [5.41, 5.74) is 5.21. The van der Waals surface area contributed by atoms with Gasteiger partial charge in [0.05, 0.1) is 6.04 Å². The minimum atomic E-state index is -3.91. The molecule has 1 saturated heterocycles. The van der Waals surface area contributed by atoms with Crippen molar-refractivity contribution in [3.63, 3.8) is 0 Å². The zero-order chi connectivity index (χ0) is 44.9. The maximum absolute atomic E-state index is 14.8. The summed E-state index contributed by atoms with van der Waals surface area (Å²) in [6, 6.07) is 5.75. The van der Waals surface area contributed by atoms with Crippen LogP contribution in [0.25, 0.3) is 0 Å². The van der Waals surface area contributed by atoms with E-state index in [4.69, 9.17) is 19.9 Å².